The number of rotatable bonds is 6. The van der Waals surface area contributed by atoms with E-state index in [2.05, 4.69) is 25.6 Å². The molecule has 1 saturated carbocycles. The molecule has 1 aliphatic carbocycles. The van der Waals surface area contributed by atoms with Crippen LogP contribution in [0.1, 0.15) is 58.8 Å². The van der Waals surface area contributed by atoms with E-state index in [0.717, 1.165) is 18.5 Å². The van der Waals surface area contributed by atoms with Crippen LogP contribution in [0.3, 0.4) is 0 Å². The minimum atomic E-state index is -3.11. The molecule has 2 fully saturated rings. The Balaban J connectivity index is 1.26. The predicted molar refractivity (Wildman–Crippen MR) is 139 cm³/mol. The number of halogens is 1. The van der Waals surface area contributed by atoms with Crippen molar-refractivity contribution in [1.82, 2.24) is 15.0 Å². The number of nitrogens with one attached hydrogen (secondary N) is 3. The fraction of sp³-hybridized carbons (Fsp3) is 0.308. The number of H-pyrrole nitrogens is 1. The molecule has 11 heteroatoms. The third-order valence-corrected chi connectivity index (χ3v) is 8.52. The van der Waals surface area contributed by atoms with Gasteiger partial charge in [-0.25, -0.2) is 13.4 Å². The van der Waals surface area contributed by atoms with Crippen LogP contribution in [0.2, 0.25) is 0 Å². The Hall–Kier alpha value is -3.86. The van der Waals surface area contributed by atoms with Crippen molar-refractivity contribution in [3.8, 4) is 0 Å². The zero-order chi connectivity index (χ0) is 25.6. The number of pyridine rings is 2. The van der Waals surface area contributed by atoms with Gasteiger partial charge < -0.3 is 15.6 Å². The Morgan fingerprint density at radius 3 is 2.70 bits per heavy atom. The lowest BCUT2D eigenvalue weighted by atomic mass is 9.98. The van der Waals surface area contributed by atoms with Gasteiger partial charge in [-0.05, 0) is 49.7 Å². The molecule has 37 heavy (non-hydrogen) atoms. The zero-order valence-electron chi connectivity index (χ0n) is 19.9. The highest BCUT2D eigenvalue weighted by molar-refractivity contribution is 7.91. The van der Waals surface area contributed by atoms with Gasteiger partial charge in [0, 0.05) is 29.8 Å². The topological polar surface area (TPSA) is 129 Å². The second kappa shape index (κ2) is 9.22. The van der Waals surface area contributed by atoms with Crippen molar-refractivity contribution < 1.29 is 17.6 Å². The molecule has 1 atom stereocenters. The van der Waals surface area contributed by atoms with Gasteiger partial charge in [-0.3, -0.25) is 14.8 Å². The van der Waals surface area contributed by atoms with E-state index >= 15 is 4.39 Å². The normalized spacial score (nSPS) is 21.3. The van der Waals surface area contributed by atoms with Crippen LogP contribution >= 0.6 is 0 Å². The highest BCUT2D eigenvalue weighted by Gasteiger charge is 2.30. The van der Waals surface area contributed by atoms with Crippen molar-refractivity contribution in [1.29, 1.82) is 0 Å². The summed E-state index contributed by atoms with van der Waals surface area (Å²) >= 11 is 0. The second-order valence-electron chi connectivity index (χ2n) is 9.57. The number of aromatic nitrogens is 3. The van der Waals surface area contributed by atoms with E-state index in [1.807, 2.05) is 18.2 Å². The first-order chi connectivity index (χ1) is 17.9. The van der Waals surface area contributed by atoms with Gasteiger partial charge in [0.2, 0.25) is 5.95 Å². The first kappa shape index (κ1) is 23.5. The van der Waals surface area contributed by atoms with Crippen molar-refractivity contribution in [2.75, 3.05) is 22.1 Å². The Morgan fingerprint density at radius 2 is 2.00 bits per heavy atom. The van der Waals surface area contributed by atoms with Gasteiger partial charge in [-0.1, -0.05) is 6.08 Å². The average molecular weight is 521 g/mol. The van der Waals surface area contributed by atoms with Gasteiger partial charge in [0.15, 0.2) is 15.6 Å². The van der Waals surface area contributed by atoms with Crippen molar-refractivity contribution in [3.05, 3.63) is 77.3 Å². The summed E-state index contributed by atoms with van der Waals surface area (Å²) in [5, 5.41) is 6.10. The van der Waals surface area contributed by atoms with Gasteiger partial charge >= 0.3 is 0 Å². The molecular formula is C26H25FN6O3S. The molecule has 1 saturated heterocycles. The molecular weight excluding hydrogens is 495 g/mol. The van der Waals surface area contributed by atoms with Crippen molar-refractivity contribution in [2.24, 2.45) is 4.99 Å². The summed E-state index contributed by atoms with van der Waals surface area (Å²) in [6, 6.07) is 6.42. The fourth-order valence-corrected chi connectivity index (χ4v) is 6.34. The third kappa shape index (κ3) is 4.91. The molecule has 3 N–H and O–H groups in total. The lowest BCUT2D eigenvalue weighted by Crippen LogP contribution is -2.15. The van der Waals surface area contributed by atoms with Crippen LogP contribution in [0.5, 0.6) is 0 Å². The molecule has 2 aliphatic heterocycles. The fourth-order valence-electron chi connectivity index (χ4n) is 4.71. The largest absolute Gasteiger partial charge is 0.348 e. The highest BCUT2D eigenvalue weighted by atomic mass is 32.2. The number of anilines is 3. The number of hydrogen-bond donors (Lipinski definition) is 3. The Bertz CT molecular complexity index is 1540. The number of hydrogen-bond acceptors (Lipinski definition) is 8. The Morgan fingerprint density at radius 1 is 1.14 bits per heavy atom. The summed E-state index contributed by atoms with van der Waals surface area (Å²) in [4.78, 5) is 29.6. The lowest BCUT2D eigenvalue weighted by Gasteiger charge is -2.11. The standard InChI is InChI=1S/C26H25FN6O3S/c27-25-18(6-8-22(33-25)32-16-5-7-20(29-12-16)15-3-4-15)24(34)19-13-30-26-23(19)21(2-1-10-28-26)31-17-9-11-37(35,36)14-17/h1,5-8,10,12-13,15,17,28,30H,2-4,9,11,14H2,(H,32,33). The van der Waals surface area contributed by atoms with Crippen LogP contribution in [0.4, 0.5) is 21.7 Å². The maximum absolute atomic E-state index is 15.1. The third-order valence-electron chi connectivity index (χ3n) is 6.76. The van der Waals surface area contributed by atoms with Crippen LogP contribution in [-0.2, 0) is 9.84 Å². The first-order valence-electron chi connectivity index (χ1n) is 12.2. The molecule has 3 aromatic heterocycles. The molecule has 0 spiro atoms. The van der Waals surface area contributed by atoms with E-state index in [1.165, 1.54) is 12.3 Å². The Kier molecular flexibility index (Phi) is 5.86. The minimum absolute atomic E-state index is 0.0114. The van der Waals surface area contributed by atoms with Gasteiger partial charge in [0.1, 0.15) is 11.6 Å². The number of sulfone groups is 1. The first-order valence-corrected chi connectivity index (χ1v) is 14.0. The van der Waals surface area contributed by atoms with Gasteiger partial charge in [-0.2, -0.15) is 4.39 Å². The molecule has 3 aliphatic rings. The highest BCUT2D eigenvalue weighted by Crippen LogP contribution is 2.39. The van der Waals surface area contributed by atoms with Crippen LogP contribution in [0, 0.1) is 5.95 Å². The lowest BCUT2D eigenvalue weighted by molar-refractivity contribution is 0.103. The number of aliphatic imine (C=N–C) groups is 1. The van der Waals surface area contributed by atoms with E-state index in [9.17, 15) is 13.2 Å². The number of allylic oxidation sites excluding steroid dienone is 1. The molecule has 0 bridgehead atoms. The van der Waals surface area contributed by atoms with E-state index in [1.54, 1.807) is 18.5 Å². The number of nitrogens with zero attached hydrogens (tertiary/aromatic N) is 3. The average Bonchev–Trinajstić information content (AvgIpc) is 3.59. The summed E-state index contributed by atoms with van der Waals surface area (Å²) < 4.78 is 38.9. The molecule has 6 rings (SSSR count). The summed E-state index contributed by atoms with van der Waals surface area (Å²) in [5.74, 6) is 0.00658. The van der Waals surface area contributed by atoms with Crippen LogP contribution < -0.4 is 10.6 Å². The number of carbonyl (C=O) groups is 1. The summed E-state index contributed by atoms with van der Waals surface area (Å²) in [6.45, 7) is 0. The van der Waals surface area contributed by atoms with Crippen molar-refractivity contribution >= 4 is 38.7 Å². The second-order valence-corrected chi connectivity index (χ2v) is 11.8. The monoisotopic (exact) mass is 520 g/mol. The summed E-state index contributed by atoms with van der Waals surface area (Å²) in [6.07, 6.45) is 9.95. The van der Waals surface area contributed by atoms with Crippen LogP contribution in [0.25, 0.3) is 0 Å². The maximum Gasteiger partial charge on any atom is 0.226 e. The molecule has 0 amide bonds. The maximum atomic E-state index is 15.1. The molecule has 0 radical (unpaired) electrons. The summed E-state index contributed by atoms with van der Waals surface area (Å²) in [5.41, 5.74) is 2.90. The minimum Gasteiger partial charge on any atom is -0.348 e. The summed E-state index contributed by atoms with van der Waals surface area (Å²) in [7, 11) is -3.11. The molecule has 3 aromatic rings. The smallest absolute Gasteiger partial charge is 0.226 e. The number of ketones is 1. The number of fused-ring (bicyclic) bond motifs is 1. The zero-order valence-corrected chi connectivity index (χ0v) is 20.7. The number of aromatic amines is 1. The van der Waals surface area contributed by atoms with E-state index < -0.39 is 21.6 Å². The SMILES string of the molecule is O=C(c1ccc(Nc2ccc(C3CC3)nc2)nc1F)c1c[nH]c2c1C(=NC1CCS(=O)(=O)C1)CC=CN2. The van der Waals surface area contributed by atoms with E-state index in [4.69, 9.17) is 4.99 Å². The Labute approximate surface area is 213 Å². The van der Waals surface area contributed by atoms with Gasteiger partial charge in [0.25, 0.3) is 0 Å². The van der Waals surface area contributed by atoms with Crippen LogP contribution in [0.15, 0.2) is 53.9 Å². The molecule has 0 aromatic carbocycles. The number of carbonyl (C=O) groups excluding carboxylic acids is 1. The predicted octanol–water partition coefficient (Wildman–Crippen LogP) is 4.10. The van der Waals surface area contributed by atoms with Gasteiger partial charge in [0.05, 0.1) is 46.3 Å². The van der Waals surface area contributed by atoms with E-state index in [0.29, 0.717) is 41.5 Å². The molecule has 1 unspecified atom stereocenters. The quantitative estimate of drug-likeness (QED) is 0.330. The molecule has 9 nitrogen and oxygen atoms in total. The van der Waals surface area contributed by atoms with Crippen LogP contribution in [-0.4, -0.2) is 52.4 Å². The van der Waals surface area contributed by atoms with Gasteiger partial charge in [-0.15, -0.1) is 0 Å². The van der Waals surface area contributed by atoms with Crippen molar-refractivity contribution in [2.45, 2.75) is 37.6 Å². The molecule has 5 heterocycles. The van der Waals surface area contributed by atoms with Crippen molar-refractivity contribution in [3.63, 3.8) is 0 Å². The van der Waals surface area contributed by atoms with E-state index in [-0.39, 0.29) is 34.5 Å². The molecule has 190 valence electrons.